The van der Waals surface area contributed by atoms with Gasteiger partial charge in [-0.2, -0.15) is 0 Å². The van der Waals surface area contributed by atoms with Crippen LogP contribution in [0.15, 0.2) is 18.2 Å². The molecule has 76 valence electrons. The summed E-state index contributed by atoms with van der Waals surface area (Å²) in [4.78, 5) is 2.09. The van der Waals surface area contributed by atoms with Crippen LogP contribution >= 0.6 is 0 Å². The Morgan fingerprint density at radius 1 is 1.43 bits per heavy atom. The molecule has 1 aromatic rings. The lowest BCUT2D eigenvalue weighted by atomic mass is 10.0. The molecular weight excluding hydrogens is 181 g/mol. The quantitative estimate of drug-likeness (QED) is 0.781. The Bertz CT molecular complexity index is 334. The van der Waals surface area contributed by atoms with Gasteiger partial charge in [-0.05, 0) is 25.5 Å². The Labute approximate surface area is 83.0 Å². The summed E-state index contributed by atoms with van der Waals surface area (Å²) in [6, 6.07) is 4.95. The molecule has 1 saturated heterocycles. The predicted molar refractivity (Wildman–Crippen MR) is 53.9 cm³/mol. The molecular formula is C11H14FNO. The van der Waals surface area contributed by atoms with Crippen LogP contribution in [0.3, 0.4) is 0 Å². The summed E-state index contributed by atoms with van der Waals surface area (Å²) >= 11 is 0. The van der Waals surface area contributed by atoms with Crippen molar-refractivity contribution in [2.75, 3.05) is 18.0 Å². The number of halogens is 1. The van der Waals surface area contributed by atoms with Crippen LogP contribution < -0.4 is 4.90 Å². The molecule has 0 radical (unpaired) electrons. The first-order valence-electron chi connectivity index (χ1n) is 4.91. The summed E-state index contributed by atoms with van der Waals surface area (Å²) in [5.74, 6) is -0.315. The van der Waals surface area contributed by atoms with E-state index >= 15 is 0 Å². The molecule has 1 aromatic carbocycles. The van der Waals surface area contributed by atoms with E-state index in [1.165, 1.54) is 6.07 Å². The molecule has 1 heterocycles. The van der Waals surface area contributed by atoms with Crippen LogP contribution in [0.5, 0.6) is 0 Å². The first kappa shape index (κ1) is 9.46. The smallest absolute Gasteiger partial charge is 0.131 e. The molecule has 0 saturated carbocycles. The van der Waals surface area contributed by atoms with E-state index in [-0.39, 0.29) is 5.82 Å². The minimum atomic E-state index is -0.744. The topological polar surface area (TPSA) is 23.5 Å². The summed E-state index contributed by atoms with van der Waals surface area (Å²) in [6.45, 7) is 3.52. The minimum absolute atomic E-state index is 0.315. The second kappa shape index (κ2) is 3.58. The van der Waals surface area contributed by atoms with E-state index < -0.39 is 6.10 Å². The Morgan fingerprint density at radius 3 is 2.64 bits per heavy atom. The van der Waals surface area contributed by atoms with Crippen molar-refractivity contribution in [2.24, 2.45) is 0 Å². The third-order valence-corrected chi connectivity index (χ3v) is 2.64. The maximum Gasteiger partial charge on any atom is 0.131 e. The van der Waals surface area contributed by atoms with Gasteiger partial charge in [0.1, 0.15) is 5.82 Å². The molecule has 1 aliphatic heterocycles. The molecule has 2 rings (SSSR count). The van der Waals surface area contributed by atoms with Gasteiger partial charge in [0.15, 0.2) is 0 Å². The van der Waals surface area contributed by atoms with Gasteiger partial charge in [-0.1, -0.05) is 6.07 Å². The number of anilines is 1. The highest BCUT2D eigenvalue weighted by Crippen LogP contribution is 2.31. The number of rotatable bonds is 2. The van der Waals surface area contributed by atoms with Crippen LogP contribution in [-0.4, -0.2) is 18.2 Å². The van der Waals surface area contributed by atoms with E-state index in [1.54, 1.807) is 13.0 Å². The first-order chi connectivity index (χ1) is 6.70. The van der Waals surface area contributed by atoms with Crippen molar-refractivity contribution in [2.45, 2.75) is 19.4 Å². The molecule has 1 unspecified atom stereocenters. The van der Waals surface area contributed by atoms with Crippen LogP contribution in [0.4, 0.5) is 10.1 Å². The monoisotopic (exact) mass is 195 g/mol. The van der Waals surface area contributed by atoms with Gasteiger partial charge in [0.05, 0.1) is 6.10 Å². The minimum Gasteiger partial charge on any atom is -0.389 e. The number of hydrogen-bond donors (Lipinski definition) is 1. The SMILES string of the molecule is CC(O)c1c(F)cccc1N1CCC1. The van der Waals surface area contributed by atoms with E-state index in [9.17, 15) is 9.50 Å². The maximum absolute atomic E-state index is 13.4. The highest BCUT2D eigenvalue weighted by atomic mass is 19.1. The van der Waals surface area contributed by atoms with Gasteiger partial charge in [-0.25, -0.2) is 4.39 Å². The van der Waals surface area contributed by atoms with Crippen LogP contribution in [0.25, 0.3) is 0 Å². The predicted octanol–water partition coefficient (Wildman–Crippen LogP) is 2.09. The normalized spacial score (nSPS) is 17.8. The summed E-state index contributed by atoms with van der Waals surface area (Å²) in [5.41, 5.74) is 1.26. The zero-order valence-corrected chi connectivity index (χ0v) is 8.20. The van der Waals surface area contributed by atoms with Crippen molar-refractivity contribution in [3.8, 4) is 0 Å². The Balaban J connectivity index is 2.41. The van der Waals surface area contributed by atoms with Crippen molar-refractivity contribution in [3.05, 3.63) is 29.6 Å². The molecule has 0 aromatic heterocycles. The summed E-state index contributed by atoms with van der Waals surface area (Å²) in [7, 11) is 0. The van der Waals surface area contributed by atoms with E-state index in [4.69, 9.17) is 0 Å². The van der Waals surface area contributed by atoms with Gasteiger partial charge in [-0.15, -0.1) is 0 Å². The molecule has 3 heteroatoms. The number of nitrogens with zero attached hydrogens (tertiary/aromatic N) is 1. The summed E-state index contributed by atoms with van der Waals surface area (Å²) in [6.07, 6.45) is 0.405. The third-order valence-electron chi connectivity index (χ3n) is 2.64. The summed E-state index contributed by atoms with van der Waals surface area (Å²) < 4.78 is 13.4. The Morgan fingerprint density at radius 2 is 2.14 bits per heavy atom. The largest absolute Gasteiger partial charge is 0.389 e. The maximum atomic E-state index is 13.4. The van der Waals surface area contributed by atoms with Crippen LogP contribution in [0.2, 0.25) is 0 Å². The molecule has 2 nitrogen and oxygen atoms in total. The molecule has 0 spiro atoms. The average molecular weight is 195 g/mol. The molecule has 14 heavy (non-hydrogen) atoms. The number of aliphatic hydroxyl groups is 1. The molecule has 0 amide bonds. The van der Waals surface area contributed by atoms with E-state index in [0.29, 0.717) is 5.56 Å². The number of hydrogen-bond acceptors (Lipinski definition) is 2. The van der Waals surface area contributed by atoms with Gasteiger partial charge >= 0.3 is 0 Å². The van der Waals surface area contributed by atoms with Gasteiger partial charge in [-0.3, -0.25) is 0 Å². The fraction of sp³-hybridized carbons (Fsp3) is 0.455. The molecule has 1 N–H and O–H groups in total. The molecule has 0 bridgehead atoms. The molecule has 1 aliphatic rings. The second-order valence-electron chi connectivity index (χ2n) is 3.69. The van der Waals surface area contributed by atoms with Crippen molar-refractivity contribution in [1.82, 2.24) is 0 Å². The lowest BCUT2D eigenvalue weighted by molar-refractivity contribution is 0.194. The molecule has 1 fully saturated rings. The van der Waals surface area contributed by atoms with Gasteiger partial charge in [0.2, 0.25) is 0 Å². The van der Waals surface area contributed by atoms with Crippen molar-refractivity contribution in [3.63, 3.8) is 0 Å². The van der Waals surface area contributed by atoms with E-state index in [2.05, 4.69) is 4.90 Å². The fourth-order valence-corrected chi connectivity index (χ4v) is 1.77. The summed E-state index contributed by atoms with van der Waals surface area (Å²) in [5, 5.41) is 9.49. The van der Waals surface area contributed by atoms with Crippen molar-refractivity contribution < 1.29 is 9.50 Å². The lowest BCUT2D eigenvalue weighted by Crippen LogP contribution is -2.38. The van der Waals surface area contributed by atoms with Gasteiger partial charge in [0.25, 0.3) is 0 Å². The van der Waals surface area contributed by atoms with Crippen LogP contribution in [-0.2, 0) is 0 Å². The lowest BCUT2D eigenvalue weighted by Gasteiger charge is -2.35. The highest BCUT2D eigenvalue weighted by Gasteiger charge is 2.21. The standard InChI is InChI=1S/C11H14FNO/c1-8(14)11-9(12)4-2-5-10(11)13-6-3-7-13/h2,4-5,8,14H,3,6-7H2,1H3. The van der Waals surface area contributed by atoms with Gasteiger partial charge in [0, 0.05) is 24.3 Å². The first-order valence-corrected chi connectivity index (χ1v) is 4.91. The third kappa shape index (κ3) is 1.48. The van der Waals surface area contributed by atoms with Crippen LogP contribution in [0.1, 0.15) is 25.0 Å². The number of aliphatic hydroxyl groups excluding tert-OH is 1. The Kier molecular flexibility index (Phi) is 2.42. The number of benzene rings is 1. The molecule has 0 aliphatic carbocycles. The van der Waals surface area contributed by atoms with E-state index in [1.807, 2.05) is 6.07 Å². The van der Waals surface area contributed by atoms with Gasteiger partial charge < -0.3 is 10.0 Å². The highest BCUT2D eigenvalue weighted by molar-refractivity contribution is 5.56. The average Bonchev–Trinajstić information content (AvgIpc) is 1.99. The fourth-order valence-electron chi connectivity index (χ4n) is 1.77. The van der Waals surface area contributed by atoms with E-state index in [0.717, 1.165) is 25.2 Å². The second-order valence-corrected chi connectivity index (χ2v) is 3.69. The Hall–Kier alpha value is -1.09. The van der Waals surface area contributed by atoms with Crippen LogP contribution in [0, 0.1) is 5.82 Å². The molecule has 1 atom stereocenters. The zero-order chi connectivity index (χ0) is 10.1. The van der Waals surface area contributed by atoms with Crippen molar-refractivity contribution >= 4 is 5.69 Å². The zero-order valence-electron chi connectivity index (χ0n) is 8.20. The van der Waals surface area contributed by atoms with Crippen molar-refractivity contribution in [1.29, 1.82) is 0 Å².